The minimum absolute atomic E-state index is 0.172. The average molecular weight is 246 g/mol. The standard InChI is InChI=1S/C6H10O3.C5H8O3/c1-2-3-4-5(7)6(8)9;1-3-8-5(7)4(2)6/h2-4H2,1H3,(H,8,9);3H2,1-2H3. The number of ketones is 2. The first-order valence-electron chi connectivity index (χ1n) is 5.30. The van der Waals surface area contributed by atoms with Crippen LogP contribution in [0.3, 0.4) is 0 Å². The van der Waals surface area contributed by atoms with E-state index in [9.17, 15) is 19.2 Å². The highest BCUT2D eigenvalue weighted by atomic mass is 16.5. The minimum atomic E-state index is -1.32. The lowest BCUT2D eigenvalue weighted by atomic mass is 10.2. The van der Waals surface area contributed by atoms with Crippen molar-refractivity contribution in [2.45, 2.75) is 40.0 Å². The molecule has 0 saturated carbocycles. The van der Waals surface area contributed by atoms with Crippen molar-refractivity contribution in [2.24, 2.45) is 0 Å². The molecule has 0 aromatic rings. The highest BCUT2D eigenvalue weighted by Crippen LogP contribution is 1.94. The summed E-state index contributed by atoms with van der Waals surface area (Å²) in [6, 6.07) is 0. The second kappa shape index (κ2) is 10.8. The fourth-order valence-electron chi connectivity index (χ4n) is 0.677. The van der Waals surface area contributed by atoms with Gasteiger partial charge in [0.1, 0.15) is 0 Å². The molecule has 0 aromatic carbocycles. The Morgan fingerprint density at radius 1 is 1.12 bits per heavy atom. The number of unbranched alkanes of at least 4 members (excludes halogenated alkanes) is 1. The maximum atomic E-state index is 10.3. The summed E-state index contributed by atoms with van der Waals surface area (Å²) in [7, 11) is 0. The van der Waals surface area contributed by atoms with Crippen molar-refractivity contribution < 1.29 is 29.0 Å². The van der Waals surface area contributed by atoms with Gasteiger partial charge in [0.15, 0.2) is 0 Å². The van der Waals surface area contributed by atoms with E-state index in [1.54, 1.807) is 6.92 Å². The fraction of sp³-hybridized carbons (Fsp3) is 0.636. The maximum Gasteiger partial charge on any atom is 0.374 e. The number of rotatable bonds is 6. The van der Waals surface area contributed by atoms with E-state index in [0.717, 1.165) is 6.42 Å². The number of carboxylic acid groups (broad SMARTS) is 1. The Balaban J connectivity index is 0. The predicted octanol–water partition coefficient (Wildman–Crippen LogP) is 0.969. The van der Waals surface area contributed by atoms with Crippen molar-refractivity contribution >= 4 is 23.5 Å². The molecule has 0 bridgehead atoms. The second-order valence-electron chi connectivity index (χ2n) is 3.11. The molecule has 0 rings (SSSR count). The molecule has 0 amide bonds. The molecule has 0 aliphatic carbocycles. The van der Waals surface area contributed by atoms with Gasteiger partial charge in [-0.2, -0.15) is 0 Å². The largest absolute Gasteiger partial charge is 0.476 e. The van der Waals surface area contributed by atoms with Crippen LogP contribution in [0.25, 0.3) is 0 Å². The van der Waals surface area contributed by atoms with Crippen molar-refractivity contribution in [1.29, 1.82) is 0 Å². The average Bonchev–Trinajstić information content (AvgIpc) is 2.26. The van der Waals surface area contributed by atoms with Gasteiger partial charge in [-0.3, -0.25) is 9.59 Å². The predicted molar refractivity (Wildman–Crippen MR) is 59.5 cm³/mol. The van der Waals surface area contributed by atoms with Gasteiger partial charge in [0.05, 0.1) is 6.61 Å². The molecule has 6 nitrogen and oxygen atoms in total. The first-order valence-corrected chi connectivity index (χ1v) is 5.30. The smallest absolute Gasteiger partial charge is 0.374 e. The SMILES string of the molecule is CCCCC(=O)C(=O)O.CCOC(=O)C(C)=O. The molecule has 0 saturated heterocycles. The Hall–Kier alpha value is -1.72. The zero-order valence-corrected chi connectivity index (χ0v) is 10.3. The van der Waals surface area contributed by atoms with Gasteiger partial charge < -0.3 is 9.84 Å². The van der Waals surface area contributed by atoms with Crippen LogP contribution in [0.1, 0.15) is 40.0 Å². The Labute approximate surface area is 99.9 Å². The zero-order chi connectivity index (χ0) is 13.8. The van der Waals surface area contributed by atoms with E-state index in [4.69, 9.17) is 5.11 Å². The first kappa shape index (κ1) is 17.7. The van der Waals surface area contributed by atoms with Gasteiger partial charge in [0.2, 0.25) is 11.6 Å². The lowest BCUT2D eigenvalue weighted by molar-refractivity contribution is -0.152. The molecule has 98 valence electrons. The van der Waals surface area contributed by atoms with E-state index in [0.29, 0.717) is 6.42 Å². The summed E-state index contributed by atoms with van der Waals surface area (Å²) in [5.41, 5.74) is 0. The van der Waals surface area contributed by atoms with Crippen LogP contribution in [0.4, 0.5) is 0 Å². The van der Waals surface area contributed by atoms with Crippen molar-refractivity contribution in [1.82, 2.24) is 0 Å². The molecular formula is C11H18O6. The van der Waals surface area contributed by atoms with Gasteiger partial charge in [0, 0.05) is 13.3 Å². The molecule has 0 radical (unpaired) electrons. The minimum Gasteiger partial charge on any atom is -0.476 e. The quantitative estimate of drug-likeness (QED) is 0.554. The van der Waals surface area contributed by atoms with E-state index in [1.165, 1.54) is 6.92 Å². The molecule has 0 aromatic heterocycles. The number of carbonyl (C=O) groups excluding carboxylic acids is 3. The van der Waals surface area contributed by atoms with Gasteiger partial charge in [-0.25, -0.2) is 9.59 Å². The van der Waals surface area contributed by atoms with Crippen LogP contribution in [-0.2, 0) is 23.9 Å². The molecular weight excluding hydrogens is 228 g/mol. The number of Topliss-reactive ketones (excluding diaryl/α,β-unsaturated/α-hetero) is 2. The molecule has 0 fully saturated rings. The van der Waals surface area contributed by atoms with Crippen LogP contribution < -0.4 is 0 Å². The van der Waals surface area contributed by atoms with E-state index < -0.39 is 23.5 Å². The zero-order valence-electron chi connectivity index (χ0n) is 10.3. The molecule has 1 N–H and O–H groups in total. The third-order valence-corrected chi connectivity index (χ3v) is 1.56. The van der Waals surface area contributed by atoms with Crippen molar-refractivity contribution in [3.8, 4) is 0 Å². The van der Waals surface area contributed by atoms with Crippen LogP contribution in [0.2, 0.25) is 0 Å². The molecule has 0 aliphatic heterocycles. The number of carbonyl (C=O) groups is 4. The Morgan fingerprint density at radius 2 is 1.65 bits per heavy atom. The Kier molecular flexibility index (Phi) is 11.2. The molecule has 0 aliphatic rings. The highest BCUT2D eigenvalue weighted by molar-refractivity contribution is 6.32. The van der Waals surface area contributed by atoms with Crippen molar-refractivity contribution in [2.75, 3.05) is 6.61 Å². The van der Waals surface area contributed by atoms with Gasteiger partial charge in [0.25, 0.3) is 0 Å². The Bertz CT molecular complexity index is 282. The van der Waals surface area contributed by atoms with Gasteiger partial charge >= 0.3 is 11.9 Å². The molecule has 0 unspecified atom stereocenters. The van der Waals surface area contributed by atoms with E-state index in [-0.39, 0.29) is 13.0 Å². The number of hydrogen-bond donors (Lipinski definition) is 1. The molecule has 0 atom stereocenters. The van der Waals surface area contributed by atoms with E-state index >= 15 is 0 Å². The third-order valence-electron chi connectivity index (χ3n) is 1.56. The van der Waals surface area contributed by atoms with Gasteiger partial charge in [-0.05, 0) is 13.3 Å². The summed E-state index contributed by atoms with van der Waals surface area (Å²) in [6.45, 7) is 5.01. The normalized spacial score (nSPS) is 8.65. The number of aliphatic carboxylic acids is 1. The van der Waals surface area contributed by atoms with Gasteiger partial charge in [-0.15, -0.1) is 0 Å². The van der Waals surface area contributed by atoms with Crippen LogP contribution in [-0.4, -0.2) is 35.2 Å². The van der Waals surface area contributed by atoms with E-state index in [1.807, 2.05) is 6.92 Å². The van der Waals surface area contributed by atoms with Crippen LogP contribution in [0, 0.1) is 0 Å². The molecule has 0 spiro atoms. The van der Waals surface area contributed by atoms with Crippen LogP contribution in [0.15, 0.2) is 0 Å². The summed E-state index contributed by atoms with van der Waals surface area (Å²) in [6.07, 6.45) is 1.70. The van der Waals surface area contributed by atoms with Crippen LogP contribution >= 0.6 is 0 Å². The monoisotopic (exact) mass is 246 g/mol. The summed E-state index contributed by atoms with van der Waals surface area (Å²) < 4.78 is 4.31. The van der Waals surface area contributed by atoms with Crippen LogP contribution in [0.5, 0.6) is 0 Å². The number of hydrogen-bond acceptors (Lipinski definition) is 5. The number of esters is 1. The molecule has 6 heteroatoms. The summed E-state index contributed by atoms with van der Waals surface area (Å²) in [4.78, 5) is 40.4. The third kappa shape index (κ3) is 12.2. The van der Waals surface area contributed by atoms with Crippen molar-refractivity contribution in [3.05, 3.63) is 0 Å². The maximum absolute atomic E-state index is 10.3. The molecule has 0 heterocycles. The number of ether oxygens (including phenoxy) is 1. The second-order valence-corrected chi connectivity index (χ2v) is 3.11. The topological polar surface area (TPSA) is 97.7 Å². The van der Waals surface area contributed by atoms with E-state index in [2.05, 4.69) is 4.74 Å². The lowest BCUT2D eigenvalue weighted by Gasteiger charge is -1.93. The molecule has 17 heavy (non-hydrogen) atoms. The summed E-state index contributed by atoms with van der Waals surface area (Å²) in [5.74, 6) is -3.31. The Morgan fingerprint density at radius 3 is 1.88 bits per heavy atom. The van der Waals surface area contributed by atoms with Crippen molar-refractivity contribution in [3.63, 3.8) is 0 Å². The number of carboxylic acids is 1. The summed E-state index contributed by atoms with van der Waals surface area (Å²) in [5, 5.41) is 8.06. The summed E-state index contributed by atoms with van der Waals surface area (Å²) >= 11 is 0. The fourth-order valence-corrected chi connectivity index (χ4v) is 0.677. The lowest BCUT2D eigenvalue weighted by Crippen LogP contribution is -2.12. The first-order chi connectivity index (χ1) is 7.86. The highest BCUT2D eigenvalue weighted by Gasteiger charge is 2.08. The van der Waals surface area contributed by atoms with Gasteiger partial charge in [-0.1, -0.05) is 13.3 Å².